The highest BCUT2D eigenvalue weighted by Crippen LogP contribution is 2.71. The molecule has 0 radical (unpaired) electrons. The van der Waals surface area contributed by atoms with Gasteiger partial charge in [-0.3, -0.25) is 0 Å². The van der Waals surface area contributed by atoms with Gasteiger partial charge in [-0.15, -0.1) is 0 Å². The van der Waals surface area contributed by atoms with E-state index in [1.807, 2.05) is 0 Å². The molecule has 2 saturated carbocycles. The highest BCUT2D eigenvalue weighted by Gasteiger charge is 3.05. The average molecular weight is 550 g/mol. The molecule has 0 amide bonds. The highest BCUT2D eigenvalue weighted by molar-refractivity contribution is 5.87. The summed E-state index contributed by atoms with van der Waals surface area (Å²) in [5, 5.41) is 0. The normalized spacial score (nSPS) is 31.5. The summed E-state index contributed by atoms with van der Waals surface area (Å²) in [6.45, 7) is 0. The standard InChI is InChI=1S/C12F18O4/c13-3(5(15,16)9(23,24)10(25,26)6(3,17)18)1(31)33-34-2(32)4(14)7(19,20)11(27,28)12(29,30)8(4,21)22. The van der Waals surface area contributed by atoms with Gasteiger partial charge in [0.2, 0.25) is 0 Å². The van der Waals surface area contributed by atoms with Crippen LogP contribution in [-0.4, -0.2) is 70.7 Å². The van der Waals surface area contributed by atoms with Gasteiger partial charge in [-0.25, -0.2) is 28.1 Å². The van der Waals surface area contributed by atoms with E-state index in [2.05, 4.69) is 9.78 Å². The Balaban J connectivity index is 2.49. The SMILES string of the molecule is O=C(OOC(=O)C1(F)C(F)(F)C(F)(F)C(F)(F)C1(F)F)C1(F)C(F)(F)C(F)(F)C(F)(F)C1(F)F. The molecular formula is C12F18O4. The van der Waals surface area contributed by atoms with E-state index in [0.717, 1.165) is 0 Å². The number of hydrogen-bond donors (Lipinski definition) is 0. The molecule has 0 saturated heterocycles. The maximum Gasteiger partial charge on any atom is 0.405 e. The first-order chi connectivity index (χ1) is 14.5. The first kappa shape index (κ1) is 27.9. The van der Waals surface area contributed by atoms with Crippen LogP contribution in [0.15, 0.2) is 0 Å². The minimum Gasteiger partial charge on any atom is -0.243 e. The average Bonchev–Trinajstić information content (AvgIpc) is 2.76. The molecule has 2 fully saturated rings. The van der Waals surface area contributed by atoms with E-state index in [-0.39, 0.29) is 0 Å². The Morgan fingerprint density at radius 1 is 0.324 bits per heavy atom. The summed E-state index contributed by atoms with van der Waals surface area (Å²) in [5.41, 5.74) is -14.7. The Morgan fingerprint density at radius 3 is 0.618 bits per heavy atom. The molecule has 0 aromatic carbocycles. The molecule has 0 heterocycles. The van der Waals surface area contributed by atoms with Crippen LogP contribution in [0.4, 0.5) is 79.0 Å². The Labute approximate surface area is 170 Å². The van der Waals surface area contributed by atoms with Crippen molar-refractivity contribution in [2.45, 2.75) is 58.7 Å². The zero-order chi connectivity index (χ0) is 27.6. The molecule has 0 atom stereocenters. The molecule has 0 unspecified atom stereocenters. The van der Waals surface area contributed by atoms with Crippen LogP contribution < -0.4 is 0 Å². The third-order valence-corrected chi connectivity index (χ3v) is 4.85. The fourth-order valence-electron chi connectivity index (χ4n) is 2.75. The van der Waals surface area contributed by atoms with Crippen LogP contribution in [0.25, 0.3) is 0 Å². The van der Waals surface area contributed by atoms with E-state index in [1.54, 1.807) is 0 Å². The van der Waals surface area contributed by atoms with Gasteiger partial charge in [-0.1, -0.05) is 0 Å². The summed E-state index contributed by atoms with van der Waals surface area (Å²) >= 11 is 0. The predicted molar refractivity (Wildman–Crippen MR) is 59.4 cm³/mol. The largest absolute Gasteiger partial charge is 0.405 e. The van der Waals surface area contributed by atoms with Gasteiger partial charge >= 0.3 is 70.7 Å². The molecule has 2 aliphatic carbocycles. The van der Waals surface area contributed by atoms with Crippen molar-refractivity contribution in [3.8, 4) is 0 Å². The number of carbonyl (C=O) groups excluding carboxylic acids is 2. The predicted octanol–water partition coefficient (Wildman–Crippen LogP) is 4.51. The Hall–Kier alpha value is -2.32. The molecule has 0 spiro atoms. The van der Waals surface area contributed by atoms with E-state index in [9.17, 15) is 88.6 Å². The van der Waals surface area contributed by atoms with Crippen molar-refractivity contribution in [2.24, 2.45) is 0 Å². The number of carbonyl (C=O) groups is 2. The van der Waals surface area contributed by atoms with Crippen LogP contribution in [0.3, 0.4) is 0 Å². The zero-order valence-corrected chi connectivity index (χ0v) is 14.4. The molecule has 0 aromatic rings. The molecule has 0 aliphatic heterocycles. The third kappa shape index (κ3) is 2.23. The second-order valence-corrected chi connectivity index (χ2v) is 6.65. The van der Waals surface area contributed by atoms with Crippen molar-refractivity contribution in [1.82, 2.24) is 0 Å². The van der Waals surface area contributed by atoms with Gasteiger partial charge in [0.25, 0.3) is 0 Å². The van der Waals surface area contributed by atoms with Gasteiger partial charge in [0.05, 0.1) is 0 Å². The molecule has 34 heavy (non-hydrogen) atoms. The summed E-state index contributed by atoms with van der Waals surface area (Å²) in [6, 6.07) is 0. The van der Waals surface area contributed by atoms with E-state index in [0.29, 0.717) is 0 Å². The Kier molecular flexibility index (Phi) is 5.14. The quantitative estimate of drug-likeness (QED) is 0.289. The van der Waals surface area contributed by atoms with Gasteiger partial charge < -0.3 is 0 Å². The van der Waals surface area contributed by atoms with Crippen molar-refractivity contribution in [2.75, 3.05) is 0 Å². The molecule has 2 aliphatic rings. The van der Waals surface area contributed by atoms with Crippen molar-refractivity contribution in [3.05, 3.63) is 0 Å². The lowest BCUT2D eigenvalue weighted by atomic mass is 9.97. The van der Waals surface area contributed by atoms with E-state index >= 15 is 0 Å². The lowest BCUT2D eigenvalue weighted by Crippen LogP contribution is -2.62. The fraction of sp³-hybridized carbons (Fsp3) is 0.833. The number of hydrogen-bond acceptors (Lipinski definition) is 4. The molecule has 22 heteroatoms. The van der Waals surface area contributed by atoms with Crippen LogP contribution in [0.2, 0.25) is 0 Å². The molecule has 0 N–H and O–H groups in total. The zero-order valence-electron chi connectivity index (χ0n) is 14.4. The molecule has 0 aromatic heterocycles. The van der Waals surface area contributed by atoms with Gasteiger partial charge in [0, 0.05) is 0 Å². The van der Waals surface area contributed by atoms with Crippen LogP contribution in [0.5, 0.6) is 0 Å². The van der Waals surface area contributed by atoms with Crippen molar-refractivity contribution < 1.29 is 98.4 Å². The van der Waals surface area contributed by atoms with Crippen LogP contribution in [-0.2, 0) is 19.4 Å². The first-order valence-electron chi connectivity index (χ1n) is 7.38. The Bertz CT molecular complexity index is 796. The lowest BCUT2D eigenvalue weighted by molar-refractivity contribution is -0.319. The van der Waals surface area contributed by atoms with E-state index < -0.39 is 70.7 Å². The Morgan fingerprint density at radius 2 is 0.471 bits per heavy atom. The van der Waals surface area contributed by atoms with Crippen LogP contribution >= 0.6 is 0 Å². The van der Waals surface area contributed by atoms with E-state index in [4.69, 9.17) is 0 Å². The molecule has 4 nitrogen and oxygen atoms in total. The monoisotopic (exact) mass is 550 g/mol. The van der Waals surface area contributed by atoms with Crippen molar-refractivity contribution >= 4 is 11.9 Å². The van der Waals surface area contributed by atoms with Crippen LogP contribution in [0.1, 0.15) is 0 Å². The summed E-state index contributed by atoms with van der Waals surface area (Å²) in [6.07, 6.45) is 0. The topological polar surface area (TPSA) is 52.6 Å². The van der Waals surface area contributed by atoms with Crippen LogP contribution in [0, 0.1) is 0 Å². The number of rotatable bonds is 2. The molecule has 198 valence electrons. The fourth-order valence-corrected chi connectivity index (χ4v) is 2.75. The lowest BCUT2D eigenvalue weighted by Gasteiger charge is -2.29. The van der Waals surface area contributed by atoms with Gasteiger partial charge in [-0.05, 0) is 0 Å². The maximum absolute atomic E-state index is 14.0. The second kappa shape index (κ2) is 6.26. The van der Waals surface area contributed by atoms with Gasteiger partial charge in [0.1, 0.15) is 0 Å². The number of halogens is 18. The summed E-state index contributed by atoms with van der Waals surface area (Å²) < 4.78 is 238. The smallest absolute Gasteiger partial charge is 0.243 e. The second-order valence-electron chi connectivity index (χ2n) is 6.65. The summed E-state index contributed by atoms with van der Waals surface area (Å²) in [5.74, 6) is -69.3. The maximum atomic E-state index is 14.0. The molecule has 2 rings (SSSR count). The highest BCUT2D eigenvalue weighted by atomic mass is 19.4. The summed E-state index contributed by atoms with van der Waals surface area (Å²) in [7, 11) is 0. The van der Waals surface area contributed by atoms with Gasteiger partial charge in [-0.2, -0.15) is 70.2 Å². The third-order valence-electron chi connectivity index (χ3n) is 4.85. The summed E-state index contributed by atoms with van der Waals surface area (Å²) in [4.78, 5) is 26.5. The molecular weight excluding hydrogens is 550 g/mol. The minimum atomic E-state index is -7.54. The molecule has 0 bridgehead atoms. The van der Waals surface area contributed by atoms with E-state index in [1.165, 1.54) is 0 Å². The minimum absolute atomic E-state index is 2.16. The first-order valence-corrected chi connectivity index (χ1v) is 7.38. The van der Waals surface area contributed by atoms with Crippen molar-refractivity contribution in [3.63, 3.8) is 0 Å². The van der Waals surface area contributed by atoms with Crippen molar-refractivity contribution in [1.29, 1.82) is 0 Å². The number of alkyl halides is 18. The van der Waals surface area contributed by atoms with Gasteiger partial charge in [0.15, 0.2) is 0 Å².